The predicted molar refractivity (Wildman–Crippen MR) is 92.1 cm³/mol. The fourth-order valence-corrected chi connectivity index (χ4v) is 2.60. The minimum atomic E-state index is 0.0858. The van der Waals surface area contributed by atoms with Gasteiger partial charge in [-0.3, -0.25) is 0 Å². The molecule has 0 aliphatic carbocycles. The lowest BCUT2D eigenvalue weighted by Gasteiger charge is -2.22. The molecule has 0 amide bonds. The maximum absolute atomic E-state index is 5.99. The number of ether oxygens (including phenoxy) is 2. The Morgan fingerprint density at radius 3 is 2.52 bits per heavy atom. The minimum Gasteiger partial charge on any atom is -0.493 e. The van der Waals surface area contributed by atoms with Gasteiger partial charge in [-0.15, -0.1) is 0 Å². The molecule has 0 unspecified atom stereocenters. The molecule has 0 spiro atoms. The van der Waals surface area contributed by atoms with Crippen LogP contribution in [-0.2, 0) is 11.3 Å². The fraction of sp³-hybridized carbons (Fsp3) is 0.647. The molecule has 0 bridgehead atoms. The quantitative estimate of drug-likeness (QED) is 0.697. The van der Waals surface area contributed by atoms with Crippen molar-refractivity contribution in [3.05, 3.63) is 27.7 Å². The second-order valence-corrected chi connectivity index (χ2v) is 7.13. The van der Waals surface area contributed by atoms with Crippen LogP contribution in [0.1, 0.15) is 45.2 Å². The zero-order valence-electron chi connectivity index (χ0n) is 13.9. The van der Waals surface area contributed by atoms with E-state index in [4.69, 9.17) is 9.47 Å². The SMILES string of the molecule is CCOCCCOc1c(C)cc(Br)cc1CNC(C)(C)C. The van der Waals surface area contributed by atoms with Crippen molar-refractivity contribution in [2.24, 2.45) is 0 Å². The molecule has 0 saturated carbocycles. The minimum absolute atomic E-state index is 0.0858. The van der Waals surface area contributed by atoms with E-state index in [1.807, 2.05) is 6.92 Å². The third kappa shape index (κ3) is 7.30. The van der Waals surface area contributed by atoms with E-state index >= 15 is 0 Å². The molecular formula is C17H28BrNO2. The lowest BCUT2D eigenvalue weighted by Crippen LogP contribution is -2.35. The van der Waals surface area contributed by atoms with Crippen molar-refractivity contribution < 1.29 is 9.47 Å². The second kappa shape index (κ2) is 8.76. The van der Waals surface area contributed by atoms with Crippen molar-refractivity contribution in [3.8, 4) is 5.75 Å². The number of hydrogen-bond acceptors (Lipinski definition) is 3. The van der Waals surface area contributed by atoms with E-state index in [2.05, 4.69) is 61.1 Å². The summed E-state index contributed by atoms with van der Waals surface area (Å²) >= 11 is 3.57. The highest BCUT2D eigenvalue weighted by Gasteiger charge is 2.13. The van der Waals surface area contributed by atoms with Crippen LogP contribution in [-0.4, -0.2) is 25.4 Å². The Hall–Kier alpha value is -0.580. The lowest BCUT2D eigenvalue weighted by molar-refractivity contribution is 0.130. The molecular weight excluding hydrogens is 330 g/mol. The Morgan fingerprint density at radius 1 is 1.19 bits per heavy atom. The largest absolute Gasteiger partial charge is 0.493 e. The third-order valence-corrected chi connectivity index (χ3v) is 3.47. The summed E-state index contributed by atoms with van der Waals surface area (Å²) in [5.41, 5.74) is 2.43. The van der Waals surface area contributed by atoms with Gasteiger partial charge in [0.2, 0.25) is 0 Å². The molecule has 0 aliphatic rings. The standard InChI is InChI=1S/C17H28BrNO2/c1-6-20-8-7-9-21-16-13(2)10-15(18)11-14(16)12-19-17(3,4)5/h10-11,19H,6-9,12H2,1-5H3. The van der Waals surface area contributed by atoms with Crippen LogP contribution < -0.4 is 10.1 Å². The number of benzene rings is 1. The van der Waals surface area contributed by atoms with Gasteiger partial charge >= 0.3 is 0 Å². The molecule has 0 aliphatic heterocycles. The molecule has 1 aromatic carbocycles. The van der Waals surface area contributed by atoms with E-state index in [0.717, 1.165) is 42.0 Å². The summed E-state index contributed by atoms with van der Waals surface area (Å²) in [7, 11) is 0. The van der Waals surface area contributed by atoms with Crippen molar-refractivity contribution in [1.82, 2.24) is 5.32 Å². The lowest BCUT2D eigenvalue weighted by atomic mass is 10.1. The number of hydrogen-bond donors (Lipinski definition) is 1. The highest BCUT2D eigenvalue weighted by atomic mass is 79.9. The van der Waals surface area contributed by atoms with Gasteiger partial charge in [0.25, 0.3) is 0 Å². The molecule has 4 heteroatoms. The first-order valence-corrected chi connectivity index (χ1v) is 8.37. The van der Waals surface area contributed by atoms with Gasteiger partial charge < -0.3 is 14.8 Å². The average molecular weight is 358 g/mol. The third-order valence-electron chi connectivity index (χ3n) is 3.01. The van der Waals surface area contributed by atoms with Gasteiger partial charge in [0, 0.05) is 41.8 Å². The zero-order chi connectivity index (χ0) is 15.9. The zero-order valence-corrected chi connectivity index (χ0v) is 15.5. The first kappa shape index (κ1) is 18.5. The first-order valence-electron chi connectivity index (χ1n) is 7.58. The molecule has 0 aromatic heterocycles. The Morgan fingerprint density at radius 2 is 1.90 bits per heavy atom. The predicted octanol–water partition coefficient (Wildman–Crippen LogP) is 4.45. The summed E-state index contributed by atoms with van der Waals surface area (Å²) in [4.78, 5) is 0. The fourth-order valence-electron chi connectivity index (χ4n) is 1.98. The Balaban J connectivity index is 2.71. The van der Waals surface area contributed by atoms with Crippen LogP contribution in [0.25, 0.3) is 0 Å². The summed E-state index contributed by atoms with van der Waals surface area (Å²) in [6.07, 6.45) is 0.912. The summed E-state index contributed by atoms with van der Waals surface area (Å²) in [6.45, 7) is 13.6. The highest BCUT2D eigenvalue weighted by molar-refractivity contribution is 9.10. The van der Waals surface area contributed by atoms with E-state index in [9.17, 15) is 0 Å². The smallest absolute Gasteiger partial charge is 0.126 e. The van der Waals surface area contributed by atoms with Crippen LogP contribution in [0, 0.1) is 6.92 Å². The van der Waals surface area contributed by atoms with Crippen LogP contribution >= 0.6 is 15.9 Å². The molecule has 0 radical (unpaired) electrons. The maximum Gasteiger partial charge on any atom is 0.126 e. The molecule has 0 heterocycles. The molecule has 1 rings (SSSR count). The van der Waals surface area contributed by atoms with Crippen LogP contribution in [0.15, 0.2) is 16.6 Å². The number of nitrogens with one attached hydrogen (secondary N) is 1. The number of aryl methyl sites for hydroxylation is 1. The van der Waals surface area contributed by atoms with Gasteiger partial charge in [-0.2, -0.15) is 0 Å². The average Bonchev–Trinajstić information content (AvgIpc) is 2.37. The van der Waals surface area contributed by atoms with E-state index in [-0.39, 0.29) is 5.54 Å². The van der Waals surface area contributed by atoms with Crippen LogP contribution in [0.2, 0.25) is 0 Å². The van der Waals surface area contributed by atoms with Crippen molar-refractivity contribution in [2.45, 2.75) is 53.1 Å². The number of halogens is 1. The Kier molecular flexibility index (Phi) is 7.71. The Labute approximate surface area is 137 Å². The van der Waals surface area contributed by atoms with Crippen LogP contribution in [0.4, 0.5) is 0 Å². The van der Waals surface area contributed by atoms with E-state index in [1.54, 1.807) is 0 Å². The van der Waals surface area contributed by atoms with Crippen molar-refractivity contribution >= 4 is 15.9 Å². The second-order valence-electron chi connectivity index (χ2n) is 6.21. The molecule has 3 nitrogen and oxygen atoms in total. The van der Waals surface area contributed by atoms with Crippen LogP contribution in [0.5, 0.6) is 5.75 Å². The molecule has 0 atom stereocenters. The highest BCUT2D eigenvalue weighted by Crippen LogP contribution is 2.28. The molecule has 1 aromatic rings. The first-order chi connectivity index (χ1) is 9.83. The Bertz CT molecular complexity index is 441. The van der Waals surface area contributed by atoms with Crippen molar-refractivity contribution in [3.63, 3.8) is 0 Å². The van der Waals surface area contributed by atoms with E-state index in [0.29, 0.717) is 6.61 Å². The van der Waals surface area contributed by atoms with E-state index in [1.165, 1.54) is 5.56 Å². The normalized spacial score (nSPS) is 11.7. The summed E-state index contributed by atoms with van der Waals surface area (Å²) in [5, 5.41) is 3.52. The van der Waals surface area contributed by atoms with Crippen molar-refractivity contribution in [2.75, 3.05) is 19.8 Å². The summed E-state index contributed by atoms with van der Waals surface area (Å²) in [5.74, 6) is 0.992. The van der Waals surface area contributed by atoms with Gasteiger partial charge in [-0.1, -0.05) is 15.9 Å². The number of rotatable bonds is 8. The molecule has 0 fully saturated rings. The van der Waals surface area contributed by atoms with Gasteiger partial charge in [0.1, 0.15) is 5.75 Å². The van der Waals surface area contributed by atoms with Gasteiger partial charge in [0.05, 0.1) is 6.61 Å². The molecule has 21 heavy (non-hydrogen) atoms. The monoisotopic (exact) mass is 357 g/mol. The topological polar surface area (TPSA) is 30.5 Å². The van der Waals surface area contributed by atoms with Gasteiger partial charge in [-0.05, 0) is 52.3 Å². The molecule has 0 saturated heterocycles. The van der Waals surface area contributed by atoms with Gasteiger partial charge in [0.15, 0.2) is 0 Å². The van der Waals surface area contributed by atoms with Gasteiger partial charge in [-0.25, -0.2) is 0 Å². The molecule has 1 N–H and O–H groups in total. The summed E-state index contributed by atoms with van der Waals surface area (Å²) < 4.78 is 12.4. The summed E-state index contributed by atoms with van der Waals surface area (Å²) in [6, 6.07) is 4.22. The van der Waals surface area contributed by atoms with Crippen LogP contribution in [0.3, 0.4) is 0 Å². The van der Waals surface area contributed by atoms with E-state index < -0.39 is 0 Å². The van der Waals surface area contributed by atoms with Crippen molar-refractivity contribution in [1.29, 1.82) is 0 Å². The molecule has 120 valence electrons. The maximum atomic E-state index is 5.99.